The van der Waals surface area contributed by atoms with E-state index in [1.807, 2.05) is 22.7 Å². The molecule has 0 atom stereocenters. The Bertz CT molecular complexity index is 3540. The first-order chi connectivity index (χ1) is 30.2. The summed E-state index contributed by atoms with van der Waals surface area (Å²) in [5.74, 6) is 0. The lowest BCUT2D eigenvalue weighted by Gasteiger charge is -2.32. The predicted molar refractivity (Wildman–Crippen MR) is 274 cm³/mol. The standard InChI is InChI=1S/C58H44N2S2/c1-33-15-17-35(3)49(31-33)59(55-37(5)19-25-43-41-11-7-9-13-51(41)61-57(43)55)47-29-23-39-22-28-46-48(30-24-40-21-27-45(47)53(39)54(40)46)60(50-32-34(2)16-18-36(50)4)56-38(6)20-26-44-42-12-8-10-14-52(42)62-58(44)56/h7-32H,1-6H3. The minimum Gasteiger partial charge on any atom is -0.308 e. The Morgan fingerprint density at radius 3 is 1.16 bits per heavy atom. The Morgan fingerprint density at radius 1 is 0.323 bits per heavy atom. The van der Waals surface area contributed by atoms with Crippen LogP contribution in [0.1, 0.15) is 33.4 Å². The van der Waals surface area contributed by atoms with Crippen molar-refractivity contribution in [3.63, 3.8) is 0 Å². The second-order valence-electron chi connectivity index (χ2n) is 17.3. The van der Waals surface area contributed by atoms with Gasteiger partial charge in [0, 0.05) is 53.1 Å². The van der Waals surface area contributed by atoms with E-state index in [0.717, 1.165) is 0 Å². The summed E-state index contributed by atoms with van der Waals surface area (Å²) in [6.45, 7) is 13.5. The van der Waals surface area contributed by atoms with Crippen LogP contribution in [0.25, 0.3) is 72.7 Å². The van der Waals surface area contributed by atoms with Gasteiger partial charge in [0.05, 0.1) is 32.1 Å². The van der Waals surface area contributed by atoms with Crippen LogP contribution < -0.4 is 9.80 Å². The Morgan fingerprint density at radius 2 is 0.710 bits per heavy atom. The highest BCUT2D eigenvalue weighted by Gasteiger charge is 2.27. The van der Waals surface area contributed by atoms with Crippen LogP contribution in [0.15, 0.2) is 158 Å². The minimum atomic E-state index is 1.19. The molecule has 0 fully saturated rings. The minimum absolute atomic E-state index is 1.19. The quantitative estimate of drug-likeness (QED) is 0.154. The van der Waals surface area contributed by atoms with Crippen LogP contribution in [0.2, 0.25) is 0 Å². The van der Waals surface area contributed by atoms with Gasteiger partial charge in [-0.1, -0.05) is 121 Å². The van der Waals surface area contributed by atoms with Crippen molar-refractivity contribution in [1.29, 1.82) is 0 Å². The molecule has 10 aromatic carbocycles. The number of nitrogens with zero attached hydrogens (tertiary/aromatic N) is 2. The summed E-state index contributed by atoms with van der Waals surface area (Å²) in [5.41, 5.74) is 14.8. The van der Waals surface area contributed by atoms with Gasteiger partial charge < -0.3 is 9.80 Å². The summed E-state index contributed by atoms with van der Waals surface area (Å²) in [7, 11) is 0. The largest absolute Gasteiger partial charge is 0.308 e. The molecule has 4 heteroatoms. The highest BCUT2D eigenvalue weighted by Crippen LogP contribution is 2.53. The summed E-state index contributed by atoms with van der Waals surface area (Å²) >= 11 is 3.81. The Kier molecular flexibility index (Phi) is 8.31. The van der Waals surface area contributed by atoms with E-state index in [4.69, 9.17) is 0 Å². The zero-order valence-electron chi connectivity index (χ0n) is 35.7. The fourth-order valence-corrected chi connectivity index (χ4v) is 12.7. The molecule has 2 heterocycles. The Hall–Kier alpha value is -6.72. The molecule has 0 saturated heterocycles. The summed E-state index contributed by atoms with van der Waals surface area (Å²) < 4.78 is 5.26. The molecule has 0 saturated carbocycles. The van der Waals surface area contributed by atoms with Gasteiger partial charge in [-0.2, -0.15) is 0 Å². The van der Waals surface area contributed by atoms with Crippen molar-refractivity contribution in [2.75, 3.05) is 9.80 Å². The number of benzene rings is 10. The molecular formula is C58H44N2S2. The fraction of sp³-hybridized carbons (Fsp3) is 0.103. The third kappa shape index (κ3) is 5.46. The molecule has 2 nitrogen and oxygen atoms in total. The van der Waals surface area contributed by atoms with Gasteiger partial charge in [0.25, 0.3) is 0 Å². The van der Waals surface area contributed by atoms with Crippen LogP contribution in [0.3, 0.4) is 0 Å². The number of fused-ring (bicyclic) bond motifs is 6. The van der Waals surface area contributed by atoms with Gasteiger partial charge in [-0.05, 0) is 133 Å². The highest BCUT2D eigenvalue weighted by molar-refractivity contribution is 7.26. The van der Waals surface area contributed by atoms with Crippen LogP contribution in [0.5, 0.6) is 0 Å². The molecule has 0 radical (unpaired) electrons. The van der Waals surface area contributed by atoms with Crippen molar-refractivity contribution in [1.82, 2.24) is 0 Å². The van der Waals surface area contributed by atoms with Crippen LogP contribution in [-0.4, -0.2) is 0 Å². The predicted octanol–water partition coefficient (Wildman–Crippen LogP) is 18.1. The summed E-state index contributed by atoms with van der Waals surface area (Å²) in [4.78, 5) is 5.16. The Labute approximate surface area is 369 Å². The number of hydrogen-bond acceptors (Lipinski definition) is 4. The molecule has 0 amide bonds. The Balaban J connectivity index is 1.17. The third-order valence-corrected chi connectivity index (χ3v) is 15.6. The van der Waals surface area contributed by atoms with E-state index in [1.165, 1.54) is 140 Å². The zero-order chi connectivity index (χ0) is 42.0. The first-order valence-electron chi connectivity index (χ1n) is 21.5. The summed E-state index contributed by atoms with van der Waals surface area (Å²) in [6.07, 6.45) is 0. The van der Waals surface area contributed by atoms with Crippen molar-refractivity contribution in [2.45, 2.75) is 41.5 Å². The van der Waals surface area contributed by atoms with Crippen molar-refractivity contribution in [2.24, 2.45) is 0 Å². The van der Waals surface area contributed by atoms with Gasteiger partial charge in [0.2, 0.25) is 0 Å². The second-order valence-corrected chi connectivity index (χ2v) is 19.4. The van der Waals surface area contributed by atoms with E-state index in [0.29, 0.717) is 0 Å². The normalized spacial score (nSPS) is 12.0. The lowest BCUT2D eigenvalue weighted by Crippen LogP contribution is -2.14. The van der Waals surface area contributed by atoms with Crippen LogP contribution in [0, 0.1) is 41.5 Å². The van der Waals surface area contributed by atoms with Crippen LogP contribution >= 0.6 is 22.7 Å². The van der Waals surface area contributed by atoms with Gasteiger partial charge in [0.15, 0.2) is 0 Å². The van der Waals surface area contributed by atoms with Gasteiger partial charge in [-0.3, -0.25) is 0 Å². The molecular weight excluding hydrogens is 789 g/mol. The average Bonchev–Trinajstić information content (AvgIpc) is 3.86. The third-order valence-electron chi connectivity index (χ3n) is 13.2. The number of anilines is 6. The van der Waals surface area contributed by atoms with Crippen LogP contribution in [0.4, 0.5) is 34.1 Å². The molecule has 62 heavy (non-hydrogen) atoms. The maximum Gasteiger partial charge on any atom is 0.0669 e. The van der Waals surface area contributed by atoms with Crippen LogP contribution in [-0.2, 0) is 0 Å². The fourth-order valence-electron chi connectivity index (χ4n) is 10.1. The average molecular weight is 833 g/mol. The number of rotatable bonds is 6. The first kappa shape index (κ1) is 37.1. The van der Waals surface area contributed by atoms with Gasteiger partial charge >= 0.3 is 0 Å². The van der Waals surface area contributed by atoms with E-state index in [-0.39, 0.29) is 0 Å². The van der Waals surface area contributed by atoms with E-state index < -0.39 is 0 Å². The van der Waals surface area contributed by atoms with Crippen molar-refractivity contribution >= 4 is 129 Å². The van der Waals surface area contributed by atoms with Gasteiger partial charge in [0.1, 0.15) is 0 Å². The lowest BCUT2D eigenvalue weighted by atomic mass is 9.91. The van der Waals surface area contributed by atoms with Crippen molar-refractivity contribution < 1.29 is 0 Å². The number of thiophene rings is 2. The maximum atomic E-state index is 2.58. The first-order valence-corrected chi connectivity index (χ1v) is 23.1. The zero-order valence-corrected chi connectivity index (χ0v) is 37.4. The van der Waals surface area contributed by atoms with E-state index in [9.17, 15) is 0 Å². The summed E-state index contributed by atoms with van der Waals surface area (Å²) in [5, 5.41) is 12.8. The molecule has 0 aliphatic heterocycles. The molecule has 0 aliphatic carbocycles. The monoisotopic (exact) mass is 832 g/mol. The van der Waals surface area contributed by atoms with Crippen molar-refractivity contribution in [3.05, 3.63) is 191 Å². The molecule has 0 N–H and O–H groups in total. The van der Waals surface area contributed by atoms with E-state index in [1.54, 1.807) is 0 Å². The van der Waals surface area contributed by atoms with Crippen molar-refractivity contribution in [3.8, 4) is 0 Å². The molecule has 298 valence electrons. The molecule has 0 aliphatic rings. The molecule has 0 bridgehead atoms. The topological polar surface area (TPSA) is 6.48 Å². The second kappa shape index (κ2) is 13.9. The summed E-state index contributed by atoms with van der Waals surface area (Å²) in [6, 6.07) is 59.7. The molecule has 12 aromatic rings. The van der Waals surface area contributed by atoms with E-state index >= 15 is 0 Å². The SMILES string of the molecule is Cc1ccc(C)c(N(c2ccc3ccc4c(N(c5cc(C)ccc5C)c5c(C)ccc6c5sc5ccccc56)ccc5ccc2c3c54)c2c(C)ccc3c2sc2ccccc23)c1. The molecule has 2 aromatic heterocycles. The highest BCUT2D eigenvalue weighted by atomic mass is 32.1. The lowest BCUT2D eigenvalue weighted by molar-refractivity contribution is 1.24. The number of hydrogen-bond donors (Lipinski definition) is 0. The van der Waals surface area contributed by atoms with Gasteiger partial charge in [-0.25, -0.2) is 0 Å². The smallest absolute Gasteiger partial charge is 0.0669 e. The van der Waals surface area contributed by atoms with Gasteiger partial charge in [-0.15, -0.1) is 22.7 Å². The maximum absolute atomic E-state index is 2.58. The molecule has 12 rings (SSSR count). The molecule has 0 unspecified atom stereocenters. The van der Waals surface area contributed by atoms with E-state index in [2.05, 4.69) is 209 Å². The number of aryl methyl sites for hydroxylation is 6. The molecule has 0 spiro atoms.